The SMILES string of the molecule is C=C1CCC2(C)C(CCC3C4CCC(CCC(F)(F)F)C4(C)CCC32)C1. The van der Waals surface area contributed by atoms with Crippen LogP contribution < -0.4 is 0 Å². The van der Waals surface area contributed by atoms with Crippen LogP contribution in [0.5, 0.6) is 0 Å². The Bertz CT molecular complexity index is 564. The molecule has 7 unspecified atom stereocenters. The zero-order valence-corrected chi connectivity index (χ0v) is 16.5. The minimum absolute atomic E-state index is 0.161. The smallest absolute Gasteiger partial charge is 0.171 e. The largest absolute Gasteiger partial charge is 0.389 e. The number of halogens is 3. The van der Waals surface area contributed by atoms with Gasteiger partial charge in [-0.1, -0.05) is 26.0 Å². The molecule has 0 radical (unpaired) electrons. The number of allylic oxidation sites excluding steroid dienone is 1. The van der Waals surface area contributed by atoms with Gasteiger partial charge < -0.3 is 0 Å². The van der Waals surface area contributed by atoms with Gasteiger partial charge in [-0.3, -0.25) is 0 Å². The van der Waals surface area contributed by atoms with Gasteiger partial charge in [-0.2, -0.15) is 13.2 Å². The van der Waals surface area contributed by atoms with Crippen molar-refractivity contribution in [3.63, 3.8) is 0 Å². The highest BCUT2D eigenvalue weighted by molar-refractivity contribution is 5.13. The first-order chi connectivity index (χ1) is 12.1. The molecule has 0 spiro atoms. The third-order valence-corrected chi connectivity index (χ3v) is 9.59. The maximum atomic E-state index is 12.8. The van der Waals surface area contributed by atoms with Gasteiger partial charge in [-0.25, -0.2) is 0 Å². The second-order valence-electron chi connectivity index (χ2n) is 10.6. The molecule has 0 nitrogen and oxygen atoms in total. The molecule has 0 N–H and O–H groups in total. The Morgan fingerprint density at radius 2 is 1.69 bits per heavy atom. The Kier molecular flexibility index (Phi) is 4.55. The standard InChI is InChI=1S/C23H35F3/c1-15-8-11-22(3)17(14-15)4-6-18-19-7-5-16(9-13-23(24,25)26)21(19,2)12-10-20(18)22/h16-20H,1,4-14H2,2-3H3. The van der Waals surface area contributed by atoms with Crippen LogP contribution in [0, 0.1) is 40.4 Å². The summed E-state index contributed by atoms with van der Waals surface area (Å²) in [4.78, 5) is 0. The van der Waals surface area contributed by atoms with E-state index in [-0.39, 0.29) is 11.3 Å². The first kappa shape index (κ1) is 18.9. The topological polar surface area (TPSA) is 0 Å². The summed E-state index contributed by atoms with van der Waals surface area (Å²) in [5.41, 5.74) is 2.06. The van der Waals surface area contributed by atoms with Crippen LogP contribution in [0.2, 0.25) is 0 Å². The van der Waals surface area contributed by atoms with Crippen LogP contribution in [0.4, 0.5) is 13.2 Å². The summed E-state index contributed by atoms with van der Waals surface area (Å²) >= 11 is 0. The van der Waals surface area contributed by atoms with Crippen molar-refractivity contribution in [2.45, 2.75) is 90.7 Å². The van der Waals surface area contributed by atoms with Crippen molar-refractivity contribution in [2.24, 2.45) is 40.4 Å². The molecule has 0 amide bonds. The summed E-state index contributed by atoms with van der Waals surface area (Å²) in [6, 6.07) is 0. The summed E-state index contributed by atoms with van der Waals surface area (Å²) in [6.45, 7) is 9.15. The fraction of sp³-hybridized carbons (Fsp3) is 0.913. The minimum Gasteiger partial charge on any atom is -0.171 e. The molecule has 3 heteroatoms. The molecule has 4 aliphatic rings. The van der Waals surface area contributed by atoms with Gasteiger partial charge in [0.1, 0.15) is 0 Å². The maximum absolute atomic E-state index is 12.8. The van der Waals surface area contributed by atoms with Gasteiger partial charge in [-0.15, -0.1) is 0 Å². The van der Waals surface area contributed by atoms with Gasteiger partial charge in [0.15, 0.2) is 0 Å². The Morgan fingerprint density at radius 3 is 2.42 bits per heavy atom. The van der Waals surface area contributed by atoms with Crippen LogP contribution in [-0.2, 0) is 0 Å². The van der Waals surface area contributed by atoms with E-state index in [0.29, 0.717) is 17.8 Å². The molecule has 0 aromatic carbocycles. The van der Waals surface area contributed by atoms with E-state index in [1.807, 2.05) is 0 Å². The Morgan fingerprint density at radius 1 is 0.962 bits per heavy atom. The third-order valence-electron chi connectivity index (χ3n) is 9.59. The van der Waals surface area contributed by atoms with Crippen LogP contribution in [-0.4, -0.2) is 6.18 Å². The molecule has 148 valence electrons. The lowest BCUT2D eigenvalue weighted by Gasteiger charge is -2.60. The number of rotatable bonds is 2. The van der Waals surface area contributed by atoms with Crippen molar-refractivity contribution in [3.05, 3.63) is 12.2 Å². The molecule has 7 atom stereocenters. The molecule has 4 fully saturated rings. The predicted molar refractivity (Wildman–Crippen MR) is 99.6 cm³/mol. The molecule has 0 aliphatic heterocycles. The van der Waals surface area contributed by atoms with Gasteiger partial charge in [-0.05, 0) is 105 Å². The van der Waals surface area contributed by atoms with Crippen LogP contribution >= 0.6 is 0 Å². The molecular weight excluding hydrogens is 333 g/mol. The summed E-state index contributed by atoms with van der Waals surface area (Å²) in [7, 11) is 0. The monoisotopic (exact) mass is 368 g/mol. The average Bonchev–Trinajstić information content (AvgIpc) is 2.89. The Balaban J connectivity index is 1.52. The van der Waals surface area contributed by atoms with Gasteiger partial charge in [0.25, 0.3) is 0 Å². The van der Waals surface area contributed by atoms with E-state index in [9.17, 15) is 13.2 Å². The molecule has 0 bridgehead atoms. The van der Waals surface area contributed by atoms with Crippen LogP contribution in [0.3, 0.4) is 0 Å². The third kappa shape index (κ3) is 2.96. The van der Waals surface area contributed by atoms with E-state index >= 15 is 0 Å². The molecule has 4 rings (SSSR count). The van der Waals surface area contributed by atoms with E-state index in [1.54, 1.807) is 0 Å². The fourth-order valence-corrected chi connectivity index (χ4v) is 8.08. The maximum Gasteiger partial charge on any atom is 0.389 e. The summed E-state index contributed by atoms with van der Waals surface area (Å²) in [6.07, 6.45) is 6.70. The van der Waals surface area contributed by atoms with Crippen molar-refractivity contribution >= 4 is 0 Å². The summed E-state index contributed by atoms with van der Waals surface area (Å²) in [5.74, 6) is 3.32. The molecular formula is C23H35F3. The number of hydrogen-bond donors (Lipinski definition) is 0. The molecule has 4 aliphatic carbocycles. The molecule has 4 saturated carbocycles. The molecule has 0 aromatic heterocycles. The van der Waals surface area contributed by atoms with E-state index in [2.05, 4.69) is 20.4 Å². The van der Waals surface area contributed by atoms with E-state index in [4.69, 9.17) is 0 Å². The fourth-order valence-electron chi connectivity index (χ4n) is 8.08. The van der Waals surface area contributed by atoms with Gasteiger partial charge in [0.2, 0.25) is 0 Å². The van der Waals surface area contributed by atoms with Crippen LogP contribution in [0.1, 0.15) is 84.5 Å². The highest BCUT2D eigenvalue weighted by Gasteiger charge is 2.59. The molecule has 0 heterocycles. The normalized spacial score (nSPS) is 48.7. The zero-order valence-electron chi connectivity index (χ0n) is 16.5. The van der Waals surface area contributed by atoms with Crippen molar-refractivity contribution in [1.29, 1.82) is 0 Å². The van der Waals surface area contributed by atoms with Crippen molar-refractivity contribution in [2.75, 3.05) is 0 Å². The summed E-state index contributed by atoms with van der Waals surface area (Å²) in [5, 5.41) is 0. The van der Waals surface area contributed by atoms with Gasteiger partial charge in [0, 0.05) is 6.42 Å². The second kappa shape index (κ2) is 6.27. The quantitative estimate of drug-likeness (QED) is 0.442. The van der Waals surface area contributed by atoms with E-state index < -0.39 is 12.6 Å². The number of fused-ring (bicyclic) bond motifs is 5. The lowest BCUT2D eigenvalue weighted by atomic mass is 9.44. The second-order valence-corrected chi connectivity index (χ2v) is 10.6. The molecule has 26 heavy (non-hydrogen) atoms. The molecule has 0 saturated heterocycles. The van der Waals surface area contributed by atoms with E-state index in [1.165, 1.54) is 50.5 Å². The minimum atomic E-state index is -4.00. The zero-order chi connectivity index (χ0) is 18.7. The Hall–Kier alpha value is -0.470. The average molecular weight is 369 g/mol. The first-order valence-electron chi connectivity index (χ1n) is 10.9. The van der Waals surface area contributed by atoms with Gasteiger partial charge >= 0.3 is 6.18 Å². The van der Waals surface area contributed by atoms with Crippen LogP contribution in [0.15, 0.2) is 12.2 Å². The first-order valence-corrected chi connectivity index (χ1v) is 10.9. The summed E-state index contributed by atoms with van der Waals surface area (Å²) < 4.78 is 38.4. The highest BCUT2D eigenvalue weighted by Crippen LogP contribution is 2.68. The lowest BCUT2D eigenvalue weighted by molar-refractivity contribution is -0.143. The van der Waals surface area contributed by atoms with Crippen molar-refractivity contribution in [3.8, 4) is 0 Å². The van der Waals surface area contributed by atoms with E-state index in [0.717, 1.165) is 30.6 Å². The van der Waals surface area contributed by atoms with Crippen LogP contribution in [0.25, 0.3) is 0 Å². The van der Waals surface area contributed by atoms with Crippen molar-refractivity contribution < 1.29 is 13.2 Å². The number of alkyl halides is 3. The number of hydrogen-bond acceptors (Lipinski definition) is 0. The highest BCUT2D eigenvalue weighted by atomic mass is 19.4. The van der Waals surface area contributed by atoms with Gasteiger partial charge in [0.05, 0.1) is 0 Å². The van der Waals surface area contributed by atoms with Crippen molar-refractivity contribution in [1.82, 2.24) is 0 Å². The Labute approximate surface area is 157 Å². The molecule has 0 aromatic rings. The lowest BCUT2D eigenvalue weighted by Crippen LogP contribution is -2.52. The predicted octanol–water partition coefficient (Wildman–Crippen LogP) is 7.54.